The minimum atomic E-state index is -0.489. The van der Waals surface area contributed by atoms with E-state index in [4.69, 9.17) is 10.2 Å². The van der Waals surface area contributed by atoms with Crippen LogP contribution in [0.5, 0.6) is 0 Å². The topological polar surface area (TPSA) is 72.8 Å². The zero-order valence-corrected chi connectivity index (χ0v) is 11.6. The third-order valence-electron chi connectivity index (χ3n) is 2.82. The highest BCUT2D eigenvalue weighted by Gasteiger charge is 2.20. The minimum Gasteiger partial charge on any atom is -0.395 e. The molecule has 1 aromatic rings. The van der Waals surface area contributed by atoms with E-state index in [9.17, 15) is 9.18 Å². The SMILES string of the molecule is CCCNc1c(F)cccc1C(=O)N(CCO)CCO. The summed E-state index contributed by atoms with van der Waals surface area (Å²) in [5.41, 5.74) is 0.376. The number of amides is 1. The van der Waals surface area contributed by atoms with Gasteiger partial charge < -0.3 is 20.4 Å². The molecule has 0 radical (unpaired) electrons. The fourth-order valence-corrected chi connectivity index (χ4v) is 1.86. The molecule has 6 heteroatoms. The van der Waals surface area contributed by atoms with Crippen molar-refractivity contribution < 1.29 is 19.4 Å². The van der Waals surface area contributed by atoms with Crippen molar-refractivity contribution >= 4 is 11.6 Å². The summed E-state index contributed by atoms with van der Waals surface area (Å²) in [4.78, 5) is 13.7. The molecule has 0 spiro atoms. The molecule has 0 bridgehead atoms. The fraction of sp³-hybridized carbons (Fsp3) is 0.500. The molecule has 0 aliphatic heterocycles. The molecule has 0 aliphatic carbocycles. The number of carbonyl (C=O) groups excluding carboxylic acids is 1. The van der Waals surface area contributed by atoms with E-state index in [2.05, 4.69) is 5.32 Å². The van der Waals surface area contributed by atoms with Crippen LogP contribution >= 0.6 is 0 Å². The van der Waals surface area contributed by atoms with E-state index in [1.165, 1.54) is 23.1 Å². The maximum atomic E-state index is 13.8. The summed E-state index contributed by atoms with van der Waals surface area (Å²) in [5, 5.41) is 20.8. The van der Waals surface area contributed by atoms with Gasteiger partial charge in [0.05, 0.1) is 24.5 Å². The van der Waals surface area contributed by atoms with Gasteiger partial charge in [-0.1, -0.05) is 13.0 Å². The number of aliphatic hydroxyl groups excluding tert-OH is 2. The monoisotopic (exact) mass is 284 g/mol. The third kappa shape index (κ3) is 4.18. The maximum absolute atomic E-state index is 13.8. The summed E-state index contributed by atoms with van der Waals surface area (Å²) >= 11 is 0. The minimum absolute atomic E-state index is 0.100. The Labute approximate surface area is 118 Å². The van der Waals surface area contributed by atoms with Gasteiger partial charge in [-0.25, -0.2) is 4.39 Å². The van der Waals surface area contributed by atoms with Crippen LogP contribution in [0.25, 0.3) is 0 Å². The second-order valence-corrected chi connectivity index (χ2v) is 4.33. The molecule has 1 aromatic carbocycles. The molecular formula is C14H21FN2O3. The van der Waals surface area contributed by atoms with E-state index in [-0.39, 0.29) is 37.6 Å². The lowest BCUT2D eigenvalue weighted by Crippen LogP contribution is -2.36. The second kappa shape index (κ2) is 8.50. The normalized spacial score (nSPS) is 10.4. The highest BCUT2D eigenvalue weighted by atomic mass is 19.1. The van der Waals surface area contributed by atoms with E-state index < -0.39 is 11.7 Å². The van der Waals surface area contributed by atoms with Gasteiger partial charge in [-0.15, -0.1) is 0 Å². The first-order valence-electron chi connectivity index (χ1n) is 6.69. The number of halogens is 1. The van der Waals surface area contributed by atoms with Gasteiger partial charge in [0.1, 0.15) is 5.82 Å². The second-order valence-electron chi connectivity index (χ2n) is 4.33. The van der Waals surface area contributed by atoms with Crippen molar-refractivity contribution in [3.05, 3.63) is 29.6 Å². The molecule has 1 amide bonds. The van der Waals surface area contributed by atoms with Crippen molar-refractivity contribution in [2.24, 2.45) is 0 Å². The van der Waals surface area contributed by atoms with Crippen molar-refractivity contribution in [1.82, 2.24) is 4.90 Å². The molecule has 0 aromatic heterocycles. The highest BCUT2D eigenvalue weighted by molar-refractivity contribution is 5.99. The largest absolute Gasteiger partial charge is 0.395 e. The molecule has 0 aliphatic rings. The van der Waals surface area contributed by atoms with Gasteiger partial charge in [0.2, 0.25) is 0 Å². The lowest BCUT2D eigenvalue weighted by Gasteiger charge is -2.22. The Hall–Kier alpha value is -1.66. The van der Waals surface area contributed by atoms with Crippen molar-refractivity contribution in [3.8, 4) is 0 Å². The predicted octanol–water partition coefficient (Wildman–Crippen LogP) is 1.07. The van der Waals surface area contributed by atoms with E-state index in [0.29, 0.717) is 6.54 Å². The number of aliphatic hydroxyl groups is 2. The lowest BCUT2D eigenvalue weighted by molar-refractivity contribution is 0.0685. The summed E-state index contributed by atoms with van der Waals surface area (Å²) in [7, 11) is 0. The molecular weight excluding hydrogens is 263 g/mol. The quantitative estimate of drug-likeness (QED) is 0.668. The standard InChI is InChI=1S/C14H21FN2O3/c1-2-6-16-13-11(4-3-5-12(13)15)14(20)17(7-9-18)8-10-19/h3-5,16,18-19H,2,6-10H2,1H3. The van der Waals surface area contributed by atoms with Gasteiger partial charge in [-0.05, 0) is 18.6 Å². The van der Waals surface area contributed by atoms with Crippen molar-refractivity contribution in [2.45, 2.75) is 13.3 Å². The van der Waals surface area contributed by atoms with Crippen molar-refractivity contribution in [2.75, 3.05) is 38.2 Å². The molecule has 3 N–H and O–H groups in total. The Bertz CT molecular complexity index is 434. The number of nitrogens with zero attached hydrogens (tertiary/aromatic N) is 1. The van der Waals surface area contributed by atoms with Gasteiger partial charge in [0.25, 0.3) is 5.91 Å². The molecule has 0 unspecified atom stereocenters. The molecule has 20 heavy (non-hydrogen) atoms. The van der Waals surface area contributed by atoms with Crippen LogP contribution in [0.4, 0.5) is 10.1 Å². The molecule has 0 heterocycles. The Kier molecular flexibility index (Phi) is 6.97. The zero-order valence-electron chi connectivity index (χ0n) is 11.6. The van der Waals surface area contributed by atoms with Gasteiger partial charge in [0, 0.05) is 19.6 Å². The summed E-state index contributed by atoms with van der Waals surface area (Å²) in [5.74, 6) is -0.900. The molecule has 0 atom stereocenters. The number of carbonyl (C=O) groups is 1. The van der Waals surface area contributed by atoms with E-state index in [0.717, 1.165) is 6.42 Å². The number of hydrogen-bond donors (Lipinski definition) is 3. The number of benzene rings is 1. The van der Waals surface area contributed by atoms with Crippen LogP contribution in [-0.4, -0.2) is 53.9 Å². The summed E-state index contributed by atoms with van der Waals surface area (Å²) < 4.78 is 13.8. The van der Waals surface area contributed by atoms with Crippen LogP contribution in [0.3, 0.4) is 0 Å². The first kappa shape index (κ1) is 16.4. The number of nitrogens with one attached hydrogen (secondary N) is 1. The first-order chi connectivity index (χ1) is 9.65. The average molecular weight is 284 g/mol. The van der Waals surface area contributed by atoms with Gasteiger partial charge in [0.15, 0.2) is 0 Å². The number of hydrogen-bond acceptors (Lipinski definition) is 4. The fourth-order valence-electron chi connectivity index (χ4n) is 1.86. The van der Waals surface area contributed by atoms with Crippen LogP contribution in [0.15, 0.2) is 18.2 Å². The molecule has 0 saturated heterocycles. The summed E-state index contributed by atoms with van der Waals surface area (Å²) in [6.07, 6.45) is 0.805. The smallest absolute Gasteiger partial charge is 0.256 e. The van der Waals surface area contributed by atoms with Gasteiger partial charge in [-0.3, -0.25) is 4.79 Å². The Morgan fingerprint density at radius 2 is 1.95 bits per heavy atom. The number of para-hydroxylation sites is 1. The molecule has 112 valence electrons. The van der Waals surface area contributed by atoms with E-state index >= 15 is 0 Å². The van der Waals surface area contributed by atoms with E-state index in [1.54, 1.807) is 0 Å². The summed E-state index contributed by atoms with van der Waals surface area (Å²) in [6.45, 7) is 2.28. The van der Waals surface area contributed by atoms with Crippen LogP contribution in [0.2, 0.25) is 0 Å². The van der Waals surface area contributed by atoms with Crippen LogP contribution in [-0.2, 0) is 0 Å². The maximum Gasteiger partial charge on any atom is 0.256 e. The number of anilines is 1. The molecule has 5 nitrogen and oxygen atoms in total. The molecule has 0 saturated carbocycles. The van der Waals surface area contributed by atoms with Crippen molar-refractivity contribution in [1.29, 1.82) is 0 Å². The Morgan fingerprint density at radius 1 is 1.30 bits per heavy atom. The van der Waals surface area contributed by atoms with Crippen LogP contribution in [0.1, 0.15) is 23.7 Å². The molecule has 0 fully saturated rings. The average Bonchev–Trinajstić information content (AvgIpc) is 2.45. The van der Waals surface area contributed by atoms with Gasteiger partial charge in [-0.2, -0.15) is 0 Å². The van der Waals surface area contributed by atoms with Crippen LogP contribution in [0, 0.1) is 5.82 Å². The zero-order chi connectivity index (χ0) is 15.0. The molecule has 1 rings (SSSR count). The summed E-state index contributed by atoms with van der Waals surface area (Å²) in [6, 6.07) is 4.29. The highest BCUT2D eigenvalue weighted by Crippen LogP contribution is 2.21. The van der Waals surface area contributed by atoms with E-state index in [1.807, 2.05) is 6.92 Å². The van der Waals surface area contributed by atoms with Crippen LogP contribution < -0.4 is 5.32 Å². The van der Waals surface area contributed by atoms with Crippen molar-refractivity contribution in [3.63, 3.8) is 0 Å². The van der Waals surface area contributed by atoms with Gasteiger partial charge >= 0.3 is 0 Å². The third-order valence-corrected chi connectivity index (χ3v) is 2.82. The predicted molar refractivity (Wildman–Crippen MR) is 75.3 cm³/mol. The Balaban J connectivity index is 3.03. The Morgan fingerprint density at radius 3 is 2.50 bits per heavy atom. The number of rotatable bonds is 8. The first-order valence-corrected chi connectivity index (χ1v) is 6.69. The lowest BCUT2D eigenvalue weighted by atomic mass is 10.1.